The Hall–Kier alpha value is -2.46. The van der Waals surface area contributed by atoms with E-state index in [-0.39, 0.29) is 5.56 Å². The van der Waals surface area contributed by atoms with E-state index in [2.05, 4.69) is 4.98 Å². The summed E-state index contributed by atoms with van der Waals surface area (Å²) in [5.41, 5.74) is 9.46. The molecule has 3 heterocycles. The molecule has 148 valence electrons. The summed E-state index contributed by atoms with van der Waals surface area (Å²) >= 11 is 1.65. The van der Waals surface area contributed by atoms with Gasteiger partial charge in [-0.25, -0.2) is 14.8 Å². The standard InChI is InChI=1S/C20H17N3O3S3/c1-2-9-29(26)20-16(21)15-13(11-3-5-12(6-4-11)19(24)25)10-14(23-18(15)28-20)17-22-7-8-27-17/h3-8,10H,2,9,21H2,1H3,(H,24,25). The van der Waals surface area contributed by atoms with E-state index in [0.717, 1.165) is 27.9 Å². The number of hydrogen-bond acceptors (Lipinski definition) is 7. The lowest BCUT2D eigenvalue weighted by Crippen LogP contribution is -2.06. The van der Waals surface area contributed by atoms with Crippen molar-refractivity contribution < 1.29 is 14.5 Å². The maximum atomic E-state index is 12.7. The van der Waals surface area contributed by atoms with E-state index >= 15 is 0 Å². The SMILES string of the molecule is CCC[S+]([O-])c1sc2nc(-c3nccs3)cc(-c3ccc(C(=O)O)cc3)c2c1N. The molecule has 0 spiro atoms. The van der Waals surface area contributed by atoms with Crippen LogP contribution in [0.25, 0.3) is 32.0 Å². The van der Waals surface area contributed by atoms with Crippen LogP contribution in [0.2, 0.25) is 0 Å². The number of pyridine rings is 1. The van der Waals surface area contributed by atoms with Crippen molar-refractivity contribution in [3.8, 4) is 21.8 Å². The van der Waals surface area contributed by atoms with Gasteiger partial charge in [0.05, 0.1) is 5.56 Å². The van der Waals surface area contributed by atoms with Crippen LogP contribution in [0.1, 0.15) is 23.7 Å². The molecule has 0 aliphatic rings. The van der Waals surface area contributed by atoms with Crippen molar-refractivity contribution in [2.45, 2.75) is 17.6 Å². The van der Waals surface area contributed by atoms with Crippen molar-refractivity contribution in [3.63, 3.8) is 0 Å². The zero-order chi connectivity index (χ0) is 20.5. The van der Waals surface area contributed by atoms with Gasteiger partial charge in [-0.2, -0.15) is 0 Å². The van der Waals surface area contributed by atoms with E-state index in [9.17, 15) is 14.5 Å². The molecule has 0 radical (unpaired) electrons. The lowest BCUT2D eigenvalue weighted by Gasteiger charge is -2.09. The van der Waals surface area contributed by atoms with E-state index in [0.29, 0.717) is 26.2 Å². The number of thiazole rings is 1. The smallest absolute Gasteiger partial charge is 0.335 e. The van der Waals surface area contributed by atoms with Crippen LogP contribution < -0.4 is 5.73 Å². The van der Waals surface area contributed by atoms with Gasteiger partial charge in [-0.05, 0) is 46.9 Å². The number of aromatic carboxylic acids is 1. The summed E-state index contributed by atoms with van der Waals surface area (Å²) in [4.78, 5) is 21.0. The van der Waals surface area contributed by atoms with Crippen LogP contribution in [-0.2, 0) is 11.2 Å². The molecule has 3 aromatic heterocycles. The topological polar surface area (TPSA) is 112 Å². The van der Waals surface area contributed by atoms with Gasteiger partial charge in [0.1, 0.15) is 27.0 Å². The predicted molar refractivity (Wildman–Crippen MR) is 119 cm³/mol. The molecular formula is C20H17N3O3S3. The van der Waals surface area contributed by atoms with Gasteiger partial charge in [-0.1, -0.05) is 30.4 Å². The zero-order valence-corrected chi connectivity index (χ0v) is 17.9. The Labute approximate surface area is 178 Å². The number of nitrogens with two attached hydrogens (primary N) is 1. The molecule has 0 bridgehead atoms. The number of aromatic nitrogens is 2. The quantitative estimate of drug-likeness (QED) is 0.411. The van der Waals surface area contributed by atoms with Crippen molar-refractivity contribution in [2.75, 3.05) is 11.5 Å². The van der Waals surface area contributed by atoms with Crippen molar-refractivity contribution in [3.05, 3.63) is 47.5 Å². The highest BCUT2D eigenvalue weighted by atomic mass is 32.2. The molecular weight excluding hydrogens is 426 g/mol. The summed E-state index contributed by atoms with van der Waals surface area (Å²) in [5.74, 6) is -0.439. The lowest BCUT2D eigenvalue weighted by molar-refractivity contribution is 0.0697. The number of carbonyl (C=O) groups is 1. The molecule has 1 unspecified atom stereocenters. The van der Waals surface area contributed by atoms with Gasteiger partial charge in [0.2, 0.25) is 4.21 Å². The number of fused-ring (bicyclic) bond motifs is 1. The third-order valence-electron chi connectivity index (χ3n) is 4.36. The van der Waals surface area contributed by atoms with Crippen molar-refractivity contribution in [1.82, 2.24) is 9.97 Å². The van der Waals surface area contributed by atoms with Crippen LogP contribution in [0.3, 0.4) is 0 Å². The van der Waals surface area contributed by atoms with Crippen LogP contribution >= 0.6 is 22.7 Å². The van der Waals surface area contributed by atoms with E-state index in [1.54, 1.807) is 30.5 Å². The number of nitrogens with zero attached hydrogens (tertiary/aromatic N) is 2. The van der Waals surface area contributed by atoms with Crippen LogP contribution in [-0.4, -0.2) is 31.3 Å². The number of carboxylic acid groups (broad SMARTS) is 1. The summed E-state index contributed by atoms with van der Waals surface area (Å²) in [7, 11) is 0. The first-order valence-corrected chi connectivity index (χ1v) is 11.9. The second-order valence-electron chi connectivity index (χ2n) is 6.31. The molecule has 0 fully saturated rings. The Morgan fingerprint density at radius 3 is 2.69 bits per heavy atom. The van der Waals surface area contributed by atoms with Gasteiger partial charge >= 0.3 is 5.97 Å². The number of thiophene rings is 1. The highest BCUT2D eigenvalue weighted by Gasteiger charge is 2.24. The van der Waals surface area contributed by atoms with Gasteiger partial charge in [-0.3, -0.25) is 0 Å². The number of carboxylic acids is 1. The Kier molecular flexibility index (Phi) is 5.55. The van der Waals surface area contributed by atoms with Gasteiger partial charge < -0.3 is 15.4 Å². The molecule has 0 aliphatic carbocycles. The molecule has 29 heavy (non-hydrogen) atoms. The fourth-order valence-corrected chi connectivity index (χ4v) is 6.24. The Morgan fingerprint density at radius 1 is 1.31 bits per heavy atom. The second-order valence-corrected chi connectivity index (χ2v) is 9.97. The molecule has 4 aromatic rings. The highest BCUT2D eigenvalue weighted by molar-refractivity contribution is 7.93. The summed E-state index contributed by atoms with van der Waals surface area (Å²) in [5, 5.41) is 12.6. The minimum absolute atomic E-state index is 0.210. The van der Waals surface area contributed by atoms with Crippen LogP contribution in [0.5, 0.6) is 0 Å². The molecule has 9 heteroatoms. The fraction of sp³-hybridized carbons (Fsp3) is 0.150. The molecule has 0 amide bonds. The van der Waals surface area contributed by atoms with E-state index in [1.807, 2.05) is 18.4 Å². The minimum Gasteiger partial charge on any atom is -0.611 e. The normalized spacial score (nSPS) is 12.3. The highest BCUT2D eigenvalue weighted by Crippen LogP contribution is 2.43. The first kappa shape index (κ1) is 19.8. The molecule has 1 aromatic carbocycles. The second kappa shape index (κ2) is 8.11. The fourth-order valence-electron chi connectivity index (χ4n) is 3.03. The molecule has 4 rings (SSSR count). The average Bonchev–Trinajstić information content (AvgIpc) is 3.36. The molecule has 6 nitrogen and oxygen atoms in total. The zero-order valence-electron chi connectivity index (χ0n) is 15.4. The Balaban J connectivity index is 1.95. The van der Waals surface area contributed by atoms with Crippen molar-refractivity contribution in [1.29, 1.82) is 0 Å². The third kappa shape index (κ3) is 3.74. The average molecular weight is 444 g/mol. The predicted octanol–water partition coefficient (Wildman–Crippen LogP) is 4.88. The first-order chi connectivity index (χ1) is 14.0. The van der Waals surface area contributed by atoms with E-state index in [1.165, 1.54) is 22.7 Å². The summed E-state index contributed by atoms with van der Waals surface area (Å²) in [6.07, 6.45) is 2.51. The van der Waals surface area contributed by atoms with E-state index < -0.39 is 17.1 Å². The first-order valence-electron chi connectivity index (χ1n) is 8.84. The van der Waals surface area contributed by atoms with Crippen LogP contribution in [0.15, 0.2) is 46.1 Å². The van der Waals surface area contributed by atoms with Crippen LogP contribution in [0, 0.1) is 0 Å². The van der Waals surface area contributed by atoms with Crippen molar-refractivity contribution in [2.24, 2.45) is 0 Å². The third-order valence-corrected chi connectivity index (χ3v) is 8.27. The lowest BCUT2D eigenvalue weighted by atomic mass is 10.0. The van der Waals surface area contributed by atoms with Crippen molar-refractivity contribution >= 4 is 55.7 Å². The number of rotatable bonds is 6. The monoisotopic (exact) mass is 443 g/mol. The maximum absolute atomic E-state index is 12.7. The minimum atomic E-state index is -1.18. The number of benzene rings is 1. The van der Waals surface area contributed by atoms with Gasteiger partial charge in [0, 0.05) is 17.0 Å². The van der Waals surface area contributed by atoms with E-state index in [4.69, 9.17) is 10.7 Å². The Morgan fingerprint density at radius 2 is 2.07 bits per heavy atom. The number of hydrogen-bond donors (Lipinski definition) is 2. The van der Waals surface area contributed by atoms with Gasteiger partial charge in [0.25, 0.3) is 0 Å². The maximum Gasteiger partial charge on any atom is 0.335 e. The number of anilines is 1. The number of nitrogen functional groups attached to an aromatic ring is 1. The summed E-state index contributed by atoms with van der Waals surface area (Å²) < 4.78 is 13.3. The summed E-state index contributed by atoms with van der Waals surface area (Å²) in [6, 6.07) is 8.54. The summed E-state index contributed by atoms with van der Waals surface area (Å²) in [6.45, 7) is 1.98. The largest absolute Gasteiger partial charge is 0.611 e. The molecule has 0 saturated heterocycles. The molecule has 0 aliphatic heterocycles. The Bertz CT molecular complexity index is 1170. The molecule has 1 atom stereocenters. The van der Waals surface area contributed by atoms with Crippen LogP contribution in [0.4, 0.5) is 5.69 Å². The molecule has 3 N–H and O–H groups in total. The van der Waals surface area contributed by atoms with Gasteiger partial charge in [0.15, 0.2) is 0 Å². The van der Waals surface area contributed by atoms with Gasteiger partial charge in [-0.15, -0.1) is 11.3 Å². The molecule has 0 saturated carbocycles.